The van der Waals surface area contributed by atoms with E-state index in [1.165, 1.54) is 0 Å². The predicted octanol–water partition coefficient (Wildman–Crippen LogP) is 4.26. The maximum absolute atomic E-state index is 12.6. The largest absolute Gasteiger partial charge is 0.493 e. The van der Waals surface area contributed by atoms with E-state index < -0.39 is 5.63 Å². The van der Waals surface area contributed by atoms with Gasteiger partial charge in [0.15, 0.2) is 11.5 Å². The summed E-state index contributed by atoms with van der Waals surface area (Å²) in [6, 6.07) is 12.6. The van der Waals surface area contributed by atoms with Gasteiger partial charge in [-0.1, -0.05) is 24.3 Å². The van der Waals surface area contributed by atoms with Crippen LogP contribution in [-0.2, 0) is 6.42 Å². The van der Waals surface area contributed by atoms with Gasteiger partial charge < -0.3 is 18.3 Å². The lowest BCUT2D eigenvalue weighted by molar-refractivity contribution is 0.355. The summed E-state index contributed by atoms with van der Waals surface area (Å²) in [5, 5.41) is 8.85. The van der Waals surface area contributed by atoms with Gasteiger partial charge in [-0.2, -0.15) is 0 Å². The molecule has 4 aromatic rings. The molecule has 7 nitrogen and oxygen atoms in total. The van der Waals surface area contributed by atoms with E-state index in [1.54, 1.807) is 44.6 Å². The lowest BCUT2D eigenvalue weighted by atomic mass is 10.1. The van der Waals surface area contributed by atoms with Crippen molar-refractivity contribution in [1.29, 1.82) is 0 Å². The normalized spacial score (nSPS) is 10.8. The van der Waals surface area contributed by atoms with Gasteiger partial charge in [0, 0.05) is 10.9 Å². The van der Waals surface area contributed by atoms with Crippen molar-refractivity contribution in [2.24, 2.45) is 0 Å². The summed E-state index contributed by atoms with van der Waals surface area (Å²) in [6.07, 6.45) is 2.36. The molecule has 29 heavy (non-hydrogen) atoms. The van der Waals surface area contributed by atoms with Crippen molar-refractivity contribution in [3.63, 3.8) is 0 Å². The molecule has 4 rings (SSSR count). The molecule has 0 saturated heterocycles. The fraction of sp³-hybridized carbons (Fsp3) is 0.136. The van der Waals surface area contributed by atoms with Crippen molar-refractivity contribution in [3.05, 3.63) is 71.1 Å². The second-order valence-electron chi connectivity index (χ2n) is 6.26. The van der Waals surface area contributed by atoms with Crippen molar-refractivity contribution in [1.82, 2.24) is 10.2 Å². The fourth-order valence-corrected chi connectivity index (χ4v) is 3.09. The van der Waals surface area contributed by atoms with Crippen molar-refractivity contribution in [2.45, 2.75) is 6.42 Å². The number of rotatable bonds is 6. The van der Waals surface area contributed by atoms with E-state index in [9.17, 15) is 4.79 Å². The Bertz CT molecular complexity index is 1260. The van der Waals surface area contributed by atoms with Crippen LogP contribution in [0.2, 0.25) is 0 Å². The standard InChI is InChI=1S/C22H18N2O5/c1-4-6-13-7-5-8-14-11-16(22(25)28-19(13)14)21-24-23-20(29-21)15-9-10-17(26-2)18(12-15)27-3/h4-5,7-12H,1,6H2,2-3H3. The van der Waals surface area contributed by atoms with Crippen LogP contribution in [0.4, 0.5) is 0 Å². The molecule has 0 aliphatic rings. The SMILES string of the molecule is C=CCc1cccc2cc(-c3nnc(-c4ccc(OC)c(OC)c4)o3)c(=O)oc12. The molecule has 2 aromatic heterocycles. The highest BCUT2D eigenvalue weighted by Crippen LogP contribution is 2.32. The van der Waals surface area contributed by atoms with Crippen LogP contribution < -0.4 is 15.1 Å². The van der Waals surface area contributed by atoms with E-state index >= 15 is 0 Å². The Morgan fingerprint density at radius 1 is 1.00 bits per heavy atom. The molecule has 2 aromatic carbocycles. The highest BCUT2D eigenvalue weighted by atomic mass is 16.5. The number of methoxy groups -OCH3 is 2. The van der Waals surface area contributed by atoms with Gasteiger partial charge in [0.05, 0.1) is 14.2 Å². The number of hydrogen-bond donors (Lipinski definition) is 0. The molecule has 0 unspecified atom stereocenters. The molecule has 0 saturated carbocycles. The molecule has 0 fully saturated rings. The maximum atomic E-state index is 12.6. The zero-order valence-electron chi connectivity index (χ0n) is 16.0. The monoisotopic (exact) mass is 390 g/mol. The number of allylic oxidation sites excluding steroid dienone is 1. The lowest BCUT2D eigenvalue weighted by Crippen LogP contribution is -2.04. The van der Waals surface area contributed by atoms with Gasteiger partial charge in [0.1, 0.15) is 11.1 Å². The van der Waals surface area contributed by atoms with Crippen LogP contribution >= 0.6 is 0 Å². The Hall–Kier alpha value is -3.87. The van der Waals surface area contributed by atoms with E-state index in [0.29, 0.717) is 29.1 Å². The second kappa shape index (κ2) is 7.63. The molecule has 7 heteroatoms. The molecular weight excluding hydrogens is 372 g/mol. The van der Waals surface area contributed by atoms with Crippen molar-refractivity contribution in [2.75, 3.05) is 14.2 Å². The number of nitrogens with zero attached hydrogens (tertiary/aromatic N) is 2. The first-order valence-electron chi connectivity index (χ1n) is 8.87. The molecule has 146 valence electrons. The van der Waals surface area contributed by atoms with Crippen LogP contribution in [0.1, 0.15) is 5.56 Å². The summed E-state index contributed by atoms with van der Waals surface area (Å²) in [7, 11) is 3.10. The summed E-state index contributed by atoms with van der Waals surface area (Å²) in [5.41, 5.74) is 1.71. The van der Waals surface area contributed by atoms with Crippen molar-refractivity contribution >= 4 is 11.0 Å². The minimum atomic E-state index is -0.545. The van der Waals surface area contributed by atoms with Gasteiger partial charge in [-0.05, 0) is 36.2 Å². The molecule has 0 aliphatic heterocycles. The van der Waals surface area contributed by atoms with Gasteiger partial charge in [-0.3, -0.25) is 0 Å². The number of fused-ring (bicyclic) bond motifs is 1. The van der Waals surface area contributed by atoms with Crippen molar-refractivity contribution < 1.29 is 18.3 Å². The van der Waals surface area contributed by atoms with Crippen LogP contribution in [0.15, 0.2) is 68.7 Å². The fourth-order valence-electron chi connectivity index (χ4n) is 3.09. The van der Waals surface area contributed by atoms with Crippen LogP contribution in [0.3, 0.4) is 0 Å². The number of ether oxygens (including phenoxy) is 2. The Kier molecular flexibility index (Phi) is 4.87. The first-order valence-corrected chi connectivity index (χ1v) is 8.87. The minimum Gasteiger partial charge on any atom is -0.493 e. The van der Waals surface area contributed by atoms with Gasteiger partial charge in [-0.25, -0.2) is 4.79 Å². The van der Waals surface area contributed by atoms with E-state index in [2.05, 4.69) is 16.8 Å². The van der Waals surface area contributed by atoms with Gasteiger partial charge in [0.25, 0.3) is 5.89 Å². The third-order valence-electron chi connectivity index (χ3n) is 4.49. The average molecular weight is 390 g/mol. The molecule has 0 bridgehead atoms. The smallest absolute Gasteiger partial charge is 0.349 e. The Morgan fingerprint density at radius 2 is 1.79 bits per heavy atom. The highest BCUT2D eigenvalue weighted by Gasteiger charge is 2.18. The Balaban J connectivity index is 1.77. The quantitative estimate of drug-likeness (QED) is 0.359. The average Bonchev–Trinajstić information content (AvgIpc) is 3.23. The summed E-state index contributed by atoms with van der Waals surface area (Å²) in [6.45, 7) is 3.74. The number of hydrogen-bond acceptors (Lipinski definition) is 7. The predicted molar refractivity (Wildman–Crippen MR) is 108 cm³/mol. The Morgan fingerprint density at radius 3 is 2.55 bits per heavy atom. The van der Waals surface area contributed by atoms with Gasteiger partial charge in [0.2, 0.25) is 5.89 Å². The summed E-state index contributed by atoms with van der Waals surface area (Å²) >= 11 is 0. The van der Waals surface area contributed by atoms with Crippen LogP contribution in [0.5, 0.6) is 11.5 Å². The number of para-hydroxylation sites is 1. The van der Waals surface area contributed by atoms with E-state index in [-0.39, 0.29) is 17.3 Å². The van der Waals surface area contributed by atoms with Crippen molar-refractivity contribution in [3.8, 4) is 34.4 Å². The Labute approximate surface area is 166 Å². The summed E-state index contributed by atoms with van der Waals surface area (Å²) in [5.74, 6) is 1.45. The molecule has 0 radical (unpaired) electrons. The first-order chi connectivity index (χ1) is 14.1. The topological polar surface area (TPSA) is 87.6 Å². The molecule has 0 aliphatic carbocycles. The van der Waals surface area contributed by atoms with E-state index in [1.807, 2.05) is 18.2 Å². The summed E-state index contributed by atoms with van der Waals surface area (Å²) in [4.78, 5) is 12.6. The second-order valence-corrected chi connectivity index (χ2v) is 6.26. The zero-order chi connectivity index (χ0) is 20.4. The molecule has 0 amide bonds. The molecule has 2 heterocycles. The first kappa shape index (κ1) is 18.5. The maximum Gasteiger partial charge on any atom is 0.349 e. The highest BCUT2D eigenvalue weighted by molar-refractivity contribution is 5.83. The van der Waals surface area contributed by atoms with Gasteiger partial charge in [-0.15, -0.1) is 16.8 Å². The third kappa shape index (κ3) is 3.38. The number of benzene rings is 2. The zero-order valence-corrected chi connectivity index (χ0v) is 16.0. The third-order valence-corrected chi connectivity index (χ3v) is 4.49. The minimum absolute atomic E-state index is 0.0829. The van der Waals surface area contributed by atoms with Gasteiger partial charge >= 0.3 is 5.63 Å². The summed E-state index contributed by atoms with van der Waals surface area (Å²) < 4.78 is 21.8. The number of aromatic nitrogens is 2. The molecule has 0 N–H and O–H groups in total. The van der Waals surface area contributed by atoms with E-state index in [4.69, 9.17) is 18.3 Å². The lowest BCUT2D eigenvalue weighted by Gasteiger charge is -2.07. The van der Waals surface area contributed by atoms with Crippen LogP contribution in [-0.4, -0.2) is 24.4 Å². The van der Waals surface area contributed by atoms with Crippen LogP contribution in [0.25, 0.3) is 33.9 Å². The molecular formula is C22H18N2O5. The molecule has 0 spiro atoms. The van der Waals surface area contributed by atoms with Crippen LogP contribution in [0, 0.1) is 0 Å². The van der Waals surface area contributed by atoms with E-state index in [0.717, 1.165) is 10.9 Å². The molecule has 0 atom stereocenters.